The highest BCUT2D eigenvalue weighted by Crippen LogP contribution is 2.61. The Morgan fingerprint density at radius 3 is 2.52 bits per heavy atom. The van der Waals surface area contributed by atoms with Crippen LogP contribution in [0.4, 0.5) is 5.69 Å². The minimum absolute atomic E-state index is 0.00896. The highest BCUT2D eigenvalue weighted by atomic mass is 32.2. The van der Waals surface area contributed by atoms with E-state index in [2.05, 4.69) is 22.3 Å². The number of rotatable bonds is 4. The van der Waals surface area contributed by atoms with Gasteiger partial charge in [-0.1, -0.05) is 60.7 Å². The average molecular weight is 457 g/mol. The first-order valence-electron chi connectivity index (χ1n) is 11.1. The Balaban J connectivity index is 1.63. The third kappa shape index (κ3) is 2.84. The number of carbonyl (C=O) groups is 2. The Kier molecular flexibility index (Phi) is 4.82. The smallest absolute Gasteiger partial charge is 0.250 e. The van der Waals surface area contributed by atoms with Gasteiger partial charge in [0, 0.05) is 40.4 Å². The van der Waals surface area contributed by atoms with E-state index in [9.17, 15) is 9.59 Å². The van der Waals surface area contributed by atoms with Crippen LogP contribution in [0.25, 0.3) is 0 Å². The van der Waals surface area contributed by atoms with Crippen molar-refractivity contribution in [2.24, 2.45) is 5.92 Å². The molecule has 1 N–H and O–H groups in total. The molecule has 1 spiro atoms. The summed E-state index contributed by atoms with van der Waals surface area (Å²) < 4.78 is 5.53. The molecule has 0 bridgehead atoms. The van der Waals surface area contributed by atoms with E-state index in [0.29, 0.717) is 17.2 Å². The lowest BCUT2D eigenvalue weighted by atomic mass is 9.69. The highest BCUT2D eigenvalue weighted by molar-refractivity contribution is 7.99. The van der Waals surface area contributed by atoms with Gasteiger partial charge in [0.25, 0.3) is 0 Å². The van der Waals surface area contributed by atoms with Gasteiger partial charge in [0.05, 0.1) is 13.0 Å². The van der Waals surface area contributed by atoms with Crippen molar-refractivity contribution in [2.75, 3.05) is 24.1 Å². The van der Waals surface area contributed by atoms with Crippen LogP contribution >= 0.6 is 11.8 Å². The first-order valence-corrected chi connectivity index (χ1v) is 12.3. The molecule has 3 heterocycles. The van der Waals surface area contributed by atoms with E-state index in [0.717, 1.165) is 22.6 Å². The monoisotopic (exact) mass is 456 g/mol. The van der Waals surface area contributed by atoms with Crippen LogP contribution in [0.1, 0.15) is 27.4 Å². The number of ether oxygens (including phenoxy) is 1. The standard InChI is InChI=1S/C27H24N2O3S/c1-32-19-12-13-21-20(14-19)27(26(31)28-21)24(25(30)18-10-6-3-7-11-18)23(17-8-4-2-5-9-17)22-15-33-16-29(22)27/h2-14,22-24H,15-16H2,1H3,(H,28,31)/t22-,23-,24-,27+/m0/s1. The SMILES string of the molecule is COc1ccc2c(c1)[C@]1(C(=O)N2)[C@H](C(=O)c2ccccc2)[C@@H](c2ccccc2)[C@@H]2CSCN21. The van der Waals surface area contributed by atoms with Gasteiger partial charge >= 0.3 is 0 Å². The van der Waals surface area contributed by atoms with Gasteiger partial charge in [0.1, 0.15) is 11.3 Å². The lowest BCUT2D eigenvalue weighted by Gasteiger charge is -2.36. The largest absolute Gasteiger partial charge is 0.497 e. The number of nitrogens with one attached hydrogen (secondary N) is 1. The zero-order chi connectivity index (χ0) is 22.6. The van der Waals surface area contributed by atoms with Crippen LogP contribution in [0.15, 0.2) is 78.9 Å². The summed E-state index contributed by atoms with van der Waals surface area (Å²) in [4.78, 5) is 30.5. The maximum absolute atomic E-state index is 14.3. The number of nitrogens with zero attached hydrogens (tertiary/aromatic N) is 1. The number of ketones is 1. The molecule has 0 radical (unpaired) electrons. The maximum atomic E-state index is 14.3. The van der Waals surface area contributed by atoms with E-state index in [1.165, 1.54) is 0 Å². The number of benzene rings is 3. The van der Waals surface area contributed by atoms with Crippen molar-refractivity contribution >= 4 is 29.1 Å². The van der Waals surface area contributed by atoms with Crippen molar-refractivity contribution in [3.05, 3.63) is 95.6 Å². The number of thioether (sulfide) groups is 1. The van der Waals surface area contributed by atoms with E-state index in [1.807, 2.05) is 78.5 Å². The normalized spacial score (nSPS) is 27.9. The number of methoxy groups -OCH3 is 1. The van der Waals surface area contributed by atoms with E-state index in [1.54, 1.807) is 7.11 Å². The molecule has 166 valence electrons. The van der Waals surface area contributed by atoms with Crippen LogP contribution in [0, 0.1) is 5.92 Å². The molecule has 1 amide bonds. The summed E-state index contributed by atoms with van der Waals surface area (Å²) in [7, 11) is 1.63. The second-order valence-electron chi connectivity index (χ2n) is 8.81. The van der Waals surface area contributed by atoms with Crippen molar-refractivity contribution in [3.8, 4) is 5.75 Å². The molecule has 3 aliphatic heterocycles. The minimum atomic E-state index is -1.08. The fourth-order valence-corrected chi connectivity index (χ4v) is 7.34. The molecule has 5 nitrogen and oxygen atoms in total. The molecular formula is C27H24N2O3S. The molecule has 4 atom stereocenters. The van der Waals surface area contributed by atoms with Crippen molar-refractivity contribution < 1.29 is 14.3 Å². The molecule has 0 aliphatic carbocycles. The zero-order valence-electron chi connectivity index (χ0n) is 18.2. The Morgan fingerprint density at radius 2 is 1.79 bits per heavy atom. The van der Waals surface area contributed by atoms with Crippen LogP contribution in [-0.2, 0) is 10.3 Å². The molecule has 2 fully saturated rings. The van der Waals surface area contributed by atoms with Crippen molar-refractivity contribution in [3.63, 3.8) is 0 Å². The van der Waals surface area contributed by atoms with Gasteiger partial charge in [-0.05, 0) is 23.8 Å². The number of anilines is 1. The molecule has 3 aliphatic rings. The summed E-state index contributed by atoms with van der Waals surface area (Å²) in [5.74, 6) is 1.50. The second-order valence-corrected chi connectivity index (χ2v) is 9.81. The minimum Gasteiger partial charge on any atom is -0.497 e. The van der Waals surface area contributed by atoms with E-state index >= 15 is 0 Å². The zero-order valence-corrected chi connectivity index (χ0v) is 19.0. The summed E-state index contributed by atoms with van der Waals surface area (Å²) in [6.45, 7) is 0. The van der Waals surface area contributed by atoms with Crippen molar-refractivity contribution in [1.82, 2.24) is 4.90 Å². The second kappa shape index (κ2) is 7.75. The lowest BCUT2D eigenvalue weighted by molar-refractivity contribution is -0.127. The molecule has 33 heavy (non-hydrogen) atoms. The van der Waals surface area contributed by atoms with Crippen LogP contribution in [0.5, 0.6) is 5.75 Å². The van der Waals surface area contributed by atoms with Gasteiger partial charge in [-0.2, -0.15) is 0 Å². The van der Waals surface area contributed by atoms with Gasteiger partial charge in [0.15, 0.2) is 5.78 Å². The van der Waals surface area contributed by atoms with Crippen LogP contribution in [0.3, 0.4) is 0 Å². The predicted molar refractivity (Wildman–Crippen MR) is 130 cm³/mol. The van der Waals surface area contributed by atoms with Gasteiger partial charge in [-0.15, -0.1) is 11.8 Å². The molecule has 6 heteroatoms. The number of amides is 1. The summed E-state index contributed by atoms with van der Waals surface area (Å²) in [6.07, 6.45) is 0. The predicted octanol–water partition coefficient (Wildman–Crippen LogP) is 4.51. The van der Waals surface area contributed by atoms with Crippen molar-refractivity contribution in [1.29, 1.82) is 0 Å². The Labute approximate surface area is 197 Å². The molecule has 0 unspecified atom stereocenters. The van der Waals surface area contributed by atoms with Crippen LogP contribution in [-0.4, -0.2) is 41.4 Å². The van der Waals surface area contributed by atoms with Crippen LogP contribution < -0.4 is 10.1 Å². The third-order valence-electron chi connectivity index (χ3n) is 7.35. The van der Waals surface area contributed by atoms with E-state index in [-0.39, 0.29) is 23.7 Å². The molecule has 6 rings (SSSR count). The number of hydrogen-bond acceptors (Lipinski definition) is 5. The topological polar surface area (TPSA) is 58.6 Å². The number of fused-ring (bicyclic) bond motifs is 4. The third-order valence-corrected chi connectivity index (χ3v) is 8.39. The molecule has 3 aromatic rings. The fraction of sp³-hybridized carbons (Fsp3) is 0.259. The summed E-state index contributed by atoms with van der Waals surface area (Å²) >= 11 is 1.82. The molecule has 2 saturated heterocycles. The fourth-order valence-electron chi connectivity index (χ4n) is 6.01. The first-order chi connectivity index (χ1) is 16.2. The highest BCUT2D eigenvalue weighted by Gasteiger charge is 2.69. The Hall–Kier alpha value is -3.09. The quantitative estimate of drug-likeness (QED) is 0.586. The molecule has 0 saturated carbocycles. The van der Waals surface area contributed by atoms with Gasteiger partial charge < -0.3 is 10.1 Å². The van der Waals surface area contributed by atoms with Crippen molar-refractivity contribution in [2.45, 2.75) is 17.5 Å². The van der Waals surface area contributed by atoms with Gasteiger partial charge in [0.2, 0.25) is 5.91 Å². The van der Waals surface area contributed by atoms with E-state index < -0.39 is 11.5 Å². The Bertz CT molecular complexity index is 1230. The number of hydrogen-bond donors (Lipinski definition) is 1. The molecule has 3 aromatic carbocycles. The number of Topliss-reactive ketones (excluding diaryl/α,β-unsaturated/α-hetero) is 1. The van der Waals surface area contributed by atoms with E-state index in [4.69, 9.17) is 4.74 Å². The van der Waals surface area contributed by atoms with Gasteiger partial charge in [-0.3, -0.25) is 14.5 Å². The summed E-state index contributed by atoms with van der Waals surface area (Å²) in [5.41, 5.74) is 2.26. The van der Waals surface area contributed by atoms with Gasteiger partial charge in [-0.25, -0.2) is 0 Å². The number of carbonyl (C=O) groups excluding carboxylic acids is 2. The summed E-state index contributed by atoms with van der Waals surface area (Å²) in [6, 6.07) is 25.4. The Morgan fingerprint density at radius 1 is 1.06 bits per heavy atom. The lowest BCUT2D eigenvalue weighted by Crippen LogP contribution is -2.52. The van der Waals surface area contributed by atoms with Crippen LogP contribution in [0.2, 0.25) is 0 Å². The molecule has 0 aromatic heterocycles. The first kappa shape index (κ1) is 20.5. The summed E-state index contributed by atoms with van der Waals surface area (Å²) in [5, 5.41) is 3.10. The maximum Gasteiger partial charge on any atom is 0.250 e. The molecular weight excluding hydrogens is 432 g/mol. The average Bonchev–Trinajstić information content (AvgIpc) is 3.52.